The molecule has 1 aromatic heterocycles. The van der Waals surface area contributed by atoms with Crippen molar-refractivity contribution in [2.24, 2.45) is 7.05 Å². The van der Waals surface area contributed by atoms with Crippen molar-refractivity contribution in [1.29, 1.82) is 0 Å². The molecule has 0 aliphatic rings. The molecule has 1 heterocycles. The maximum atomic E-state index is 13.9. The summed E-state index contributed by atoms with van der Waals surface area (Å²) in [6, 6.07) is 9.42. The largest absolute Gasteiger partial charge is 0.375 e. The average Bonchev–Trinajstić information content (AvgIpc) is 2.83. The predicted octanol–water partition coefficient (Wildman–Crippen LogP) is 3.54. The van der Waals surface area contributed by atoms with Crippen LogP contribution in [0.15, 0.2) is 36.4 Å². The van der Waals surface area contributed by atoms with Gasteiger partial charge in [0.2, 0.25) is 0 Å². The van der Waals surface area contributed by atoms with Crippen molar-refractivity contribution in [2.75, 3.05) is 5.32 Å². The Morgan fingerprint density at radius 3 is 2.78 bits per heavy atom. The van der Waals surface area contributed by atoms with E-state index in [0.717, 1.165) is 28.5 Å². The molecule has 0 saturated carbocycles. The van der Waals surface area contributed by atoms with Gasteiger partial charge in [-0.2, -0.15) is 0 Å². The van der Waals surface area contributed by atoms with Crippen molar-refractivity contribution in [1.82, 2.24) is 9.55 Å². The van der Waals surface area contributed by atoms with E-state index in [4.69, 9.17) is 0 Å². The van der Waals surface area contributed by atoms with E-state index in [1.54, 1.807) is 0 Å². The fourth-order valence-corrected chi connectivity index (χ4v) is 2.61. The Labute approximate surface area is 131 Å². The van der Waals surface area contributed by atoms with Crippen LogP contribution in [0.4, 0.5) is 15.8 Å². The first-order valence-electron chi connectivity index (χ1n) is 7.06. The zero-order chi connectivity index (χ0) is 16.6. The summed E-state index contributed by atoms with van der Waals surface area (Å²) in [6.07, 6.45) is 0. The standard InChI is InChI=1S/C16H15FN4O2/c1-10-4-3-5-14-16(10)20(2)15(19-14)9-18-13-7-6-11(21(22)23)8-12(13)17/h3-8,18H,9H2,1-2H3. The maximum Gasteiger partial charge on any atom is 0.272 e. The fourth-order valence-electron chi connectivity index (χ4n) is 2.61. The van der Waals surface area contributed by atoms with Gasteiger partial charge in [0.1, 0.15) is 5.82 Å². The summed E-state index contributed by atoms with van der Waals surface area (Å²) >= 11 is 0. The molecule has 0 atom stereocenters. The van der Waals surface area contributed by atoms with Crippen LogP contribution < -0.4 is 5.32 Å². The number of hydrogen-bond donors (Lipinski definition) is 1. The number of nitro groups is 1. The number of hydrogen-bond acceptors (Lipinski definition) is 4. The highest BCUT2D eigenvalue weighted by Crippen LogP contribution is 2.22. The second-order valence-electron chi connectivity index (χ2n) is 5.30. The molecule has 6 nitrogen and oxygen atoms in total. The molecular weight excluding hydrogens is 299 g/mol. The Hall–Kier alpha value is -2.96. The minimum atomic E-state index is -0.658. The Balaban J connectivity index is 1.85. The SMILES string of the molecule is Cc1cccc2nc(CNc3ccc([N+](=O)[O-])cc3F)n(C)c12. The number of non-ortho nitro benzene ring substituents is 1. The van der Waals surface area contributed by atoms with Crippen molar-refractivity contribution in [3.63, 3.8) is 0 Å². The molecule has 0 aliphatic heterocycles. The van der Waals surface area contributed by atoms with E-state index in [9.17, 15) is 14.5 Å². The van der Waals surface area contributed by atoms with Gasteiger partial charge in [0, 0.05) is 13.1 Å². The zero-order valence-corrected chi connectivity index (χ0v) is 12.7. The summed E-state index contributed by atoms with van der Waals surface area (Å²) in [5.74, 6) is 0.0983. The lowest BCUT2D eigenvalue weighted by Crippen LogP contribution is -2.07. The third-order valence-corrected chi connectivity index (χ3v) is 3.79. The van der Waals surface area contributed by atoms with Crippen LogP contribution in [0.3, 0.4) is 0 Å². The molecule has 23 heavy (non-hydrogen) atoms. The van der Waals surface area contributed by atoms with Gasteiger partial charge in [-0.05, 0) is 24.6 Å². The highest BCUT2D eigenvalue weighted by Gasteiger charge is 2.13. The fraction of sp³-hybridized carbons (Fsp3) is 0.188. The normalized spacial score (nSPS) is 10.9. The van der Waals surface area contributed by atoms with Crippen LogP contribution >= 0.6 is 0 Å². The zero-order valence-electron chi connectivity index (χ0n) is 12.7. The van der Waals surface area contributed by atoms with Crippen LogP contribution in [0.25, 0.3) is 11.0 Å². The van der Waals surface area contributed by atoms with Crippen LogP contribution in [0, 0.1) is 22.9 Å². The number of nitro benzene ring substituents is 1. The first kappa shape index (κ1) is 15.0. The molecule has 3 rings (SSSR count). The molecule has 2 aromatic carbocycles. The molecule has 0 radical (unpaired) electrons. The summed E-state index contributed by atoms with van der Waals surface area (Å²) in [5, 5.41) is 13.6. The highest BCUT2D eigenvalue weighted by molar-refractivity contribution is 5.79. The van der Waals surface area contributed by atoms with E-state index in [0.29, 0.717) is 6.54 Å². The third-order valence-electron chi connectivity index (χ3n) is 3.79. The molecule has 118 valence electrons. The van der Waals surface area contributed by atoms with Crippen molar-refractivity contribution in [2.45, 2.75) is 13.5 Å². The number of nitrogens with one attached hydrogen (secondary N) is 1. The number of benzene rings is 2. The first-order valence-corrected chi connectivity index (χ1v) is 7.06. The topological polar surface area (TPSA) is 73.0 Å². The molecule has 0 amide bonds. The summed E-state index contributed by atoms with van der Waals surface area (Å²) in [5.41, 5.74) is 2.97. The Bertz CT molecular complexity index is 904. The van der Waals surface area contributed by atoms with Gasteiger partial charge in [0.05, 0.1) is 34.3 Å². The lowest BCUT2D eigenvalue weighted by molar-refractivity contribution is -0.385. The number of aromatic nitrogens is 2. The Kier molecular flexibility index (Phi) is 3.69. The number of rotatable bonds is 4. The number of nitrogens with zero attached hydrogens (tertiary/aromatic N) is 3. The molecule has 7 heteroatoms. The minimum absolute atomic E-state index is 0.208. The monoisotopic (exact) mass is 314 g/mol. The number of anilines is 1. The van der Waals surface area contributed by atoms with E-state index in [-0.39, 0.29) is 11.4 Å². The van der Waals surface area contributed by atoms with E-state index >= 15 is 0 Å². The summed E-state index contributed by atoms with van der Waals surface area (Å²) in [6.45, 7) is 2.33. The van der Waals surface area contributed by atoms with Gasteiger partial charge in [-0.25, -0.2) is 9.37 Å². The van der Waals surface area contributed by atoms with Crippen LogP contribution in [-0.2, 0) is 13.6 Å². The van der Waals surface area contributed by atoms with Crippen LogP contribution in [0.2, 0.25) is 0 Å². The van der Waals surface area contributed by atoms with Crippen molar-refractivity contribution < 1.29 is 9.31 Å². The van der Waals surface area contributed by atoms with Gasteiger partial charge in [-0.1, -0.05) is 12.1 Å². The van der Waals surface area contributed by atoms with Gasteiger partial charge in [0.25, 0.3) is 5.69 Å². The van der Waals surface area contributed by atoms with Gasteiger partial charge >= 0.3 is 0 Å². The van der Waals surface area contributed by atoms with Crippen molar-refractivity contribution in [3.05, 3.63) is 63.7 Å². The molecule has 0 spiro atoms. The van der Waals surface area contributed by atoms with Crippen LogP contribution in [-0.4, -0.2) is 14.5 Å². The minimum Gasteiger partial charge on any atom is -0.375 e. The van der Waals surface area contributed by atoms with Crippen LogP contribution in [0.5, 0.6) is 0 Å². The number of para-hydroxylation sites is 1. The second kappa shape index (κ2) is 5.68. The van der Waals surface area contributed by atoms with Crippen molar-refractivity contribution >= 4 is 22.4 Å². The molecule has 0 aliphatic carbocycles. The summed E-state index contributed by atoms with van der Waals surface area (Å²) in [7, 11) is 1.91. The smallest absolute Gasteiger partial charge is 0.272 e. The van der Waals surface area contributed by atoms with E-state index in [2.05, 4.69) is 10.3 Å². The van der Waals surface area contributed by atoms with Gasteiger partial charge < -0.3 is 9.88 Å². The molecular formula is C16H15FN4O2. The first-order chi connectivity index (χ1) is 11.0. The van der Waals surface area contributed by atoms with Crippen LogP contribution in [0.1, 0.15) is 11.4 Å². The second-order valence-corrected chi connectivity index (χ2v) is 5.30. The average molecular weight is 314 g/mol. The van der Waals surface area contributed by atoms with Gasteiger partial charge in [-0.15, -0.1) is 0 Å². The quantitative estimate of drug-likeness (QED) is 0.590. The maximum absolute atomic E-state index is 13.9. The van der Waals surface area contributed by atoms with E-state index in [1.807, 2.05) is 36.7 Å². The molecule has 0 unspecified atom stereocenters. The molecule has 0 fully saturated rings. The number of fused-ring (bicyclic) bond motifs is 1. The number of imidazole rings is 1. The predicted molar refractivity (Wildman–Crippen MR) is 85.8 cm³/mol. The van der Waals surface area contributed by atoms with E-state index in [1.165, 1.54) is 12.1 Å². The molecule has 0 bridgehead atoms. The van der Waals surface area contributed by atoms with Gasteiger partial charge in [-0.3, -0.25) is 10.1 Å². The lowest BCUT2D eigenvalue weighted by atomic mass is 10.2. The lowest BCUT2D eigenvalue weighted by Gasteiger charge is -2.08. The third kappa shape index (κ3) is 2.73. The molecule has 3 aromatic rings. The van der Waals surface area contributed by atoms with Crippen molar-refractivity contribution in [3.8, 4) is 0 Å². The molecule has 0 saturated heterocycles. The van der Waals surface area contributed by atoms with E-state index < -0.39 is 10.7 Å². The highest BCUT2D eigenvalue weighted by atomic mass is 19.1. The number of aryl methyl sites for hydroxylation is 2. The summed E-state index contributed by atoms with van der Waals surface area (Å²) in [4.78, 5) is 14.5. The van der Waals surface area contributed by atoms with Gasteiger partial charge in [0.15, 0.2) is 5.82 Å². The Morgan fingerprint density at radius 1 is 1.35 bits per heavy atom. The Morgan fingerprint density at radius 2 is 2.13 bits per heavy atom. The molecule has 1 N–H and O–H groups in total. The summed E-state index contributed by atoms with van der Waals surface area (Å²) < 4.78 is 15.8. The number of halogens is 1.